The van der Waals surface area contributed by atoms with Crippen LogP contribution in [0.2, 0.25) is 0 Å². The fourth-order valence-corrected chi connectivity index (χ4v) is 6.87. The normalized spacial score (nSPS) is 25.6. The summed E-state index contributed by atoms with van der Waals surface area (Å²) < 4.78 is 29.7. The number of sulfonamides is 1. The van der Waals surface area contributed by atoms with Crippen LogP contribution in [0.15, 0.2) is 45.8 Å². The molecule has 182 valence electrons. The highest BCUT2D eigenvalue weighted by Gasteiger charge is 2.36. The smallest absolute Gasteiger partial charge is 0.242 e. The lowest BCUT2D eigenvalue weighted by Crippen LogP contribution is -2.55. The monoisotopic (exact) mass is 548 g/mol. The summed E-state index contributed by atoms with van der Waals surface area (Å²) in [7, 11) is -3.89. The Morgan fingerprint density at radius 3 is 2.68 bits per heavy atom. The maximum atomic E-state index is 13.1. The van der Waals surface area contributed by atoms with Gasteiger partial charge in [-0.15, -0.1) is 0 Å². The van der Waals surface area contributed by atoms with Crippen molar-refractivity contribution in [1.82, 2.24) is 19.8 Å². The van der Waals surface area contributed by atoms with E-state index in [1.54, 1.807) is 18.2 Å². The van der Waals surface area contributed by atoms with Gasteiger partial charge in [0.1, 0.15) is 6.04 Å². The Kier molecular flexibility index (Phi) is 6.67. The first-order chi connectivity index (χ1) is 16.3. The van der Waals surface area contributed by atoms with Crippen LogP contribution in [-0.2, 0) is 19.6 Å². The maximum absolute atomic E-state index is 13.1. The van der Waals surface area contributed by atoms with E-state index in [1.165, 1.54) is 4.90 Å². The molecule has 4 aliphatic rings. The zero-order chi connectivity index (χ0) is 23.9. The first-order valence-electron chi connectivity index (χ1n) is 11.8. The number of likely N-dealkylation sites (tertiary alicyclic amines) is 1. The van der Waals surface area contributed by atoms with Gasteiger partial charge in [-0.3, -0.25) is 9.59 Å². The Bertz CT molecular complexity index is 1200. The van der Waals surface area contributed by atoms with Gasteiger partial charge in [0.2, 0.25) is 21.8 Å². The summed E-state index contributed by atoms with van der Waals surface area (Å²) in [6.07, 6.45) is 3.26. The summed E-state index contributed by atoms with van der Waals surface area (Å²) in [6, 6.07) is 10.0. The number of hydrogen-bond acceptors (Lipinski definition) is 5. The number of carbonyl (C=O) groups excluding carboxylic acids is 2. The van der Waals surface area contributed by atoms with Crippen molar-refractivity contribution in [3.63, 3.8) is 0 Å². The van der Waals surface area contributed by atoms with E-state index >= 15 is 0 Å². The third-order valence-corrected chi connectivity index (χ3v) is 9.09. The Morgan fingerprint density at radius 1 is 1.09 bits per heavy atom. The SMILES string of the molecule is O=C(CN1CCC[C@H](NS(=O)(=O)c2ccc3cc(Br)ccc3c2)C1=O)N1CC2CCC(C1)NC2. The van der Waals surface area contributed by atoms with Crippen LogP contribution < -0.4 is 10.0 Å². The molecule has 3 atom stereocenters. The van der Waals surface area contributed by atoms with Crippen molar-refractivity contribution in [2.45, 2.75) is 42.7 Å². The van der Waals surface area contributed by atoms with Crippen molar-refractivity contribution in [2.24, 2.45) is 5.92 Å². The molecule has 2 unspecified atom stereocenters. The third-order valence-electron chi connectivity index (χ3n) is 7.13. The number of fused-ring (bicyclic) bond motifs is 5. The number of benzene rings is 2. The van der Waals surface area contributed by atoms with Gasteiger partial charge in [0.15, 0.2) is 0 Å². The number of nitrogens with one attached hydrogen (secondary N) is 2. The van der Waals surface area contributed by atoms with Gasteiger partial charge >= 0.3 is 0 Å². The summed E-state index contributed by atoms with van der Waals surface area (Å²) in [5, 5.41) is 5.21. The summed E-state index contributed by atoms with van der Waals surface area (Å²) in [6.45, 7) is 2.80. The zero-order valence-electron chi connectivity index (χ0n) is 18.9. The molecule has 8 nitrogen and oxygen atoms in total. The average Bonchev–Trinajstić information content (AvgIpc) is 3.15. The summed E-state index contributed by atoms with van der Waals surface area (Å²) in [5.74, 6) is 0.0735. The Balaban J connectivity index is 1.26. The van der Waals surface area contributed by atoms with E-state index < -0.39 is 16.1 Å². The summed E-state index contributed by atoms with van der Waals surface area (Å²) in [5.41, 5.74) is 0. The number of hydrogen-bond donors (Lipinski definition) is 2. The minimum absolute atomic E-state index is 0.00134. The minimum atomic E-state index is -3.89. The van der Waals surface area contributed by atoms with Crippen LogP contribution in [-0.4, -0.2) is 74.8 Å². The zero-order valence-corrected chi connectivity index (χ0v) is 21.3. The Hall–Kier alpha value is -2.01. The van der Waals surface area contributed by atoms with Crippen molar-refractivity contribution in [1.29, 1.82) is 0 Å². The molecular formula is C24H29BrN4O4S. The molecule has 0 aromatic heterocycles. The highest BCUT2D eigenvalue weighted by Crippen LogP contribution is 2.25. The lowest BCUT2D eigenvalue weighted by molar-refractivity contribution is -0.143. The van der Waals surface area contributed by atoms with Gasteiger partial charge in [-0.2, -0.15) is 4.72 Å². The lowest BCUT2D eigenvalue weighted by atomic mass is 9.97. The summed E-state index contributed by atoms with van der Waals surface area (Å²) >= 11 is 3.42. The molecule has 0 aliphatic carbocycles. The van der Waals surface area contributed by atoms with Gasteiger partial charge in [-0.05, 0) is 73.2 Å². The fourth-order valence-electron chi connectivity index (χ4n) is 5.23. The van der Waals surface area contributed by atoms with Crippen LogP contribution in [0.4, 0.5) is 0 Å². The average molecular weight is 549 g/mol. The number of piperidine rings is 2. The van der Waals surface area contributed by atoms with E-state index in [1.807, 2.05) is 23.1 Å². The largest absolute Gasteiger partial charge is 0.339 e. The van der Waals surface area contributed by atoms with Crippen LogP contribution in [0.1, 0.15) is 25.7 Å². The summed E-state index contributed by atoms with van der Waals surface area (Å²) in [4.78, 5) is 29.6. The predicted octanol–water partition coefficient (Wildman–Crippen LogP) is 2.08. The second kappa shape index (κ2) is 9.56. The van der Waals surface area contributed by atoms with Gasteiger partial charge in [0.05, 0.1) is 11.4 Å². The van der Waals surface area contributed by atoms with Gasteiger partial charge in [0.25, 0.3) is 0 Å². The first kappa shape index (κ1) is 23.7. The second-order valence-corrected chi connectivity index (χ2v) is 12.2. The van der Waals surface area contributed by atoms with E-state index in [0.717, 1.165) is 41.2 Å². The van der Waals surface area contributed by atoms with Crippen LogP contribution in [0.25, 0.3) is 10.8 Å². The van der Waals surface area contributed by atoms with Gasteiger partial charge in [-0.25, -0.2) is 8.42 Å². The van der Waals surface area contributed by atoms with Crippen molar-refractivity contribution in [3.8, 4) is 0 Å². The Labute approximate surface area is 208 Å². The number of amides is 2. The molecule has 2 aromatic rings. The highest BCUT2D eigenvalue weighted by molar-refractivity contribution is 9.10. The van der Waals surface area contributed by atoms with Crippen molar-refractivity contribution in [3.05, 3.63) is 40.9 Å². The molecule has 0 saturated carbocycles. The maximum Gasteiger partial charge on any atom is 0.242 e. The van der Waals surface area contributed by atoms with Gasteiger partial charge in [-0.1, -0.05) is 28.1 Å². The molecule has 2 N–H and O–H groups in total. The fraction of sp³-hybridized carbons (Fsp3) is 0.500. The predicted molar refractivity (Wildman–Crippen MR) is 133 cm³/mol. The van der Waals surface area contributed by atoms with Crippen molar-refractivity contribution in [2.75, 3.05) is 32.7 Å². The van der Waals surface area contributed by atoms with Crippen LogP contribution in [0, 0.1) is 5.92 Å². The molecule has 34 heavy (non-hydrogen) atoms. The molecule has 0 radical (unpaired) electrons. The number of nitrogens with zero attached hydrogens (tertiary/aromatic N) is 2. The van der Waals surface area contributed by atoms with Crippen LogP contribution in [0.5, 0.6) is 0 Å². The Morgan fingerprint density at radius 2 is 1.88 bits per heavy atom. The molecule has 10 heteroatoms. The molecule has 2 amide bonds. The van der Waals surface area contributed by atoms with Crippen LogP contribution in [0.3, 0.4) is 0 Å². The van der Waals surface area contributed by atoms with Crippen LogP contribution >= 0.6 is 15.9 Å². The van der Waals surface area contributed by atoms with E-state index in [0.29, 0.717) is 37.9 Å². The highest BCUT2D eigenvalue weighted by atomic mass is 79.9. The van der Waals surface area contributed by atoms with E-state index in [4.69, 9.17) is 0 Å². The number of halogens is 1. The van der Waals surface area contributed by atoms with E-state index in [9.17, 15) is 18.0 Å². The second-order valence-electron chi connectivity index (χ2n) is 9.58. The van der Waals surface area contributed by atoms with Gasteiger partial charge in [0, 0.05) is 30.1 Å². The molecule has 4 saturated heterocycles. The molecule has 4 heterocycles. The molecule has 2 aromatic carbocycles. The van der Waals surface area contributed by atoms with Crippen molar-refractivity contribution >= 4 is 48.5 Å². The van der Waals surface area contributed by atoms with Crippen molar-refractivity contribution < 1.29 is 18.0 Å². The minimum Gasteiger partial charge on any atom is -0.339 e. The molecule has 2 bridgehead atoms. The molecular weight excluding hydrogens is 520 g/mol. The molecule has 4 fully saturated rings. The van der Waals surface area contributed by atoms with E-state index in [2.05, 4.69) is 26.0 Å². The van der Waals surface area contributed by atoms with Gasteiger partial charge < -0.3 is 15.1 Å². The number of rotatable bonds is 5. The standard InChI is InChI=1S/C24H29BrN4O4S/c25-19-6-4-18-11-21(8-5-17(18)10-19)34(32,33)27-22-2-1-9-28(24(22)31)15-23(30)29-13-16-3-7-20(14-29)26-12-16/h4-6,8,10-11,16,20,22,26-27H,1-3,7,9,12-15H2/t16?,20?,22-/m0/s1. The third kappa shape index (κ3) is 5.00. The molecule has 6 rings (SSSR count). The first-order valence-corrected chi connectivity index (χ1v) is 14.1. The lowest BCUT2D eigenvalue weighted by Gasteiger charge is -2.33. The topological polar surface area (TPSA) is 98.8 Å². The molecule has 4 aliphatic heterocycles. The van der Waals surface area contributed by atoms with E-state index in [-0.39, 0.29) is 23.3 Å². The molecule has 0 spiro atoms. The number of carbonyl (C=O) groups is 2. The quantitative estimate of drug-likeness (QED) is 0.596.